The SMILES string of the molecule is CC(C(=O)Nc1ccc(F)c(F)c1)N1CCN(CCO)CC1. The number of rotatable bonds is 5. The van der Waals surface area contributed by atoms with Crippen LogP contribution in [0.2, 0.25) is 0 Å². The molecule has 122 valence electrons. The fourth-order valence-corrected chi connectivity index (χ4v) is 2.50. The number of hydrogen-bond acceptors (Lipinski definition) is 4. The van der Waals surface area contributed by atoms with Crippen molar-refractivity contribution in [2.75, 3.05) is 44.6 Å². The van der Waals surface area contributed by atoms with Crippen molar-refractivity contribution in [1.29, 1.82) is 0 Å². The molecule has 0 saturated carbocycles. The van der Waals surface area contributed by atoms with Gasteiger partial charge in [-0.15, -0.1) is 0 Å². The monoisotopic (exact) mass is 313 g/mol. The number of carbonyl (C=O) groups is 1. The molecule has 1 fully saturated rings. The molecule has 1 amide bonds. The van der Waals surface area contributed by atoms with Crippen molar-refractivity contribution < 1.29 is 18.7 Å². The van der Waals surface area contributed by atoms with Crippen molar-refractivity contribution in [3.63, 3.8) is 0 Å². The second-order valence-electron chi connectivity index (χ2n) is 5.40. The molecule has 0 radical (unpaired) electrons. The highest BCUT2D eigenvalue weighted by Crippen LogP contribution is 2.14. The predicted molar refractivity (Wildman–Crippen MR) is 79.5 cm³/mol. The number of aliphatic hydroxyl groups is 1. The molecule has 0 aliphatic carbocycles. The van der Waals surface area contributed by atoms with Crippen molar-refractivity contribution in [1.82, 2.24) is 9.80 Å². The quantitative estimate of drug-likeness (QED) is 0.848. The van der Waals surface area contributed by atoms with Gasteiger partial charge < -0.3 is 10.4 Å². The number of β-amino-alcohol motifs (C(OH)–C–C–N with tert-alkyl or cyclic N) is 1. The van der Waals surface area contributed by atoms with Gasteiger partial charge in [0.1, 0.15) is 0 Å². The third-order valence-corrected chi connectivity index (χ3v) is 3.94. The standard InChI is InChI=1S/C15H21F2N3O2/c1-11(20-6-4-19(5-7-20)8-9-21)15(22)18-12-2-3-13(16)14(17)10-12/h2-3,10-11,21H,4-9H2,1H3,(H,18,22). The van der Waals surface area contributed by atoms with E-state index in [0.717, 1.165) is 38.3 Å². The molecule has 0 bridgehead atoms. The van der Waals surface area contributed by atoms with Gasteiger partial charge in [0.25, 0.3) is 0 Å². The van der Waals surface area contributed by atoms with Gasteiger partial charge in [-0.1, -0.05) is 0 Å². The Morgan fingerprint density at radius 1 is 1.27 bits per heavy atom. The van der Waals surface area contributed by atoms with E-state index in [0.29, 0.717) is 6.54 Å². The lowest BCUT2D eigenvalue weighted by atomic mass is 10.2. The van der Waals surface area contributed by atoms with E-state index >= 15 is 0 Å². The molecular weight excluding hydrogens is 292 g/mol. The van der Waals surface area contributed by atoms with Crippen molar-refractivity contribution >= 4 is 11.6 Å². The van der Waals surface area contributed by atoms with Crippen molar-refractivity contribution in [2.45, 2.75) is 13.0 Å². The van der Waals surface area contributed by atoms with Crippen LogP contribution in [0.3, 0.4) is 0 Å². The van der Waals surface area contributed by atoms with E-state index in [1.165, 1.54) is 6.07 Å². The Labute approximate surface area is 128 Å². The van der Waals surface area contributed by atoms with Crippen LogP contribution < -0.4 is 5.32 Å². The zero-order valence-corrected chi connectivity index (χ0v) is 12.6. The Hall–Kier alpha value is -1.57. The highest BCUT2D eigenvalue weighted by molar-refractivity contribution is 5.94. The van der Waals surface area contributed by atoms with Gasteiger partial charge in [0.2, 0.25) is 5.91 Å². The summed E-state index contributed by atoms with van der Waals surface area (Å²) in [5.41, 5.74) is 0.245. The lowest BCUT2D eigenvalue weighted by Crippen LogP contribution is -2.53. The molecule has 1 atom stereocenters. The van der Waals surface area contributed by atoms with Gasteiger partial charge >= 0.3 is 0 Å². The number of hydrogen-bond donors (Lipinski definition) is 2. The molecule has 1 aliphatic heterocycles. The molecule has 1 aromatic rings. The van der Waals surface area contributed by atoms with Crippen LogP contribution in [0.5, 0.6) is 0 Å². The van der Waals surface area contributed by atoms with Crippen LogP contribution in [0, 0.1) is 11.6 Å². The van der Waals surface area contributed by atoms with Crippen molar-refractivity contribution in [2.24, 2.45) is 0 Å². The highest BCUT2D eigenvalue weighted by Gasteiger charge is 2.25. The molecule has 1 heterocycles. The van der Waals surface area contributed by atoms with E-state index in [1.54, 1.807) is 6.92 Å². The third kappa shape index (κ3) is 4.22. The molecule has 1 unspecified atom stereocenters. The minimum absolute atomic E-state index is 0.131. The largest absolute Gasteiger partial charge is 0.395 e. The van der Waals surface area contributed by atoms with Gasteiger partial charge in [-0.05, 0) is 19.1 Å². The number of piperazine rings is 1. The minimum atomic E-state index is -0.983. The average Bonchev–Trinajstić information content (AvgIpc) is 2.51. The molecule has 1 aromatic carbocycles. The zero-order chi connectivity index (χ0) is 16.1. The van der Waals surface area contributed by atoms with Crippen LogP contribution in [0.4, 0.5) is 14.5 Å². The number of aliphatic hydroxyl groups excluding tert-OH is 1. The minimum Gasteiger partial charge on any atom is -0.395 e. The Kier molecular flexibility index (Phi) is 5.82. The second kappa shape index (κ2) is 7.62. The van der Waals surface area contributed by atoms with Gasteiger partial charge in [-0.2, -0.15) is 0 Å². The van der Waals surface area contributed by atoms with Crippen LogP contribution >= 0.6 is 0 Å². The molecule has 2 N–H and O–H groups in total. The van der Waals surface area contributed by atoms with Gasteiger partial charge in [-0.3, -0.25) is 14.6 Å². The van der Waals surface area contributed by atoms with Gasteiger partial charge in [0.05, 0.1) is 12.6 Å². The molecule has 0 aromatic heterocycles. The van der Waals surface area contributed by atoms with E-state index in [1.807, 2.05) is 4.90 Å². The smallest absolute Gasteiger partial charge is 0.241 e. The van der Waals surface area contributed by atoms with E-state index in [9.17, 15) is 13.6 Å². The van der Waals surface area contributed by atoms with E-state index in [4.69, 9.17) is 5.11 Å². The molecule has 1 saturated heterocycles. The molecule has 0 spiro atoms. The maximum atomic E-state index is 13.1. The number of halogens is 2. The number of benzene rings is 1. The van der Waals surface area contributed by atoms with Gasteiger partial charge in [-0.25, -0.2) is 8.78 Å². The summed E-state index contributed by atoms with van der Waals surface area (Å²) < 4.78 is 26.0. The topological polar surface area (TPSA) is 55.8 Å². The lowest BCUT2D eigenvalue weighted by Gasteiger charge is -2.37. The summed E-state index contributed by atoms with van der Waals surface area (Å²) in [5.74, 6) is -2.17. The summed E-state index contributed by atoms with van der Waals surface area (Å²) >= 11 is 0. The van der Waals surface area contributed by atoms with E-state index in [-0.39, 0.29) is 24.2 Å². The van der Waals surface area contributed by atoms with Gasteiger partial charge in [0, 0.05) is 44.5 Å². The summed E-state index contributed by atoms with van der Waals surface area (Å²) in [4.78, 5) is 16.4. The zero-order valence-electron chi connectivity index (χ0n) is 12.6. The Bertz CT molecular complexity index is 520. The predicted octanol–water partition coefficient (Wildman–Crippen LogP) is 0.902. The van der Waals surface area contributed by atoms with Gasteiger partial charge in [0.15, 0.2) is 11.6 Å². The average molecular weight is 313 g/mol. The summed E-state index contributed by atoms with van der Waals surface area (Å²) in [6.45, 7) is 5.61. The first-order valence-corrected chi connectivity index (χ1v) is 7.34. The number of anilines is 1. The normalized spacial score (nSPS) is 18.2. The summed E-state index contributed by atoms with van der Waals surface area (Å²) in [6, 6.07) is 2.94. The van der Waals surface area contributed by atoms with E-state index < -0.39 is 11.6 Å². The van der Waals surface area contributed by atoms with Crippen LogP contribution in [0.15, 0.2) is 18.2 Å². The van der Waals surface area contributed by atoms with Crippen LogP contribution in [-0.4, -0.2) is 66.2 Å². The van der Waals surface area contributed by atoms with E-state index in [2.05, 4.69) is 10.2 Å². The summed E-state index contributed by atoms with van der Waals surface area (Å²) in [6.07, 6.45) is 0. The Morgan fingerprint density at radius 3 is 2.55 bits per heavy atom. The fourth-order valence-electron chi connectivity index (χ4n) is 2.50. The number of nitrogens with zero attached hydrogens (tertiary/aromatic N) is 2. The first-order valence-electron chi connectivity index (χ1n) is 7.34. The Morgan fingerprint density at radius 2 is 1.95 bits per heavy atom. The first-order chi connectivity index (χ1) is 10.5. The number of amides is 1. The second-order valence-corrected chi connectivity index (χ2v) is 5.40. The number of nitrogens with one attached hydrogen (secondary N) is 1. The lowest BCUT2D eigenvalue weighted by molar-refractivity contribution is -0.121. The molecule has 7 heteroatoms. The third-order valence-electron chi connectivity index (χ3n) is 3.94. The number of carbonyl (C=O) groups excluding carboxylic acids is 1. The molecule has 5 nitrogen and oxygen atoms in total. The van der Waals surface area contributed by atoms with Crippen LogP contribution in [-0.2, 0) is 4.79 Å². The molecular formula is C15H21F2N3O2. The molecule has 1 aliphatic rings. The summed E-state index contributed by atoms with van der Waals surface area (Å²) in [5, 5.41) is 11.5. The van der Waals surface area contributed by atoms with Crippen molar-refractivity contribution in [3.8, 4) is 0 Å². The van der Waals surface area contributed by atoms with Crippen LogP contribution in [0.1, 0.15) is 6.92 Å². The van der Waals surface area contributed by atoms with Crippen molar-refractivity contribution in [3.05, 3.63) is 29.8 Å². The first kappa shape index (κ1) is 16.8. The fraction of sp³-hybridized carbons (Fsp3) is 0.533. The maximum Gasteiger partial charge on any atom is 0.241 e. The Balaban J connectivity index is 1.88. The molecule has 22 heavy (non-hydrogen) atoms. The highest BCUT2D eigenvalue weighted by atomic mass is 19.2. The van der Waals surface area contributed by atoms with Crippen LogP contribution in [0.25, 0.3) is 0 Å². The maximum absolute atomic E-state index is 13.1. The molecule has 2 rings (SSSR count). The summed E-state index contributed by atoms with van der Waals surface area (Å²) in [7, 11) is 0.